The maximum atomic E-state index is 14.5. The van der Waals surface area contributed by atoms with Gasteiger partial charge in [0.25, 0.3) is 11.6 Å². The summed E-state index contributed by atoms with van der Waals surface area (Å²) in [5.74, 6) is -23.4. The van der Waals surface area contributed by atoms with Gasteiger partial charge in [0.15, 0.2) is 0 Å². The van der Waals surface area contributed by atoms with E-state index in [4.69, 9.17) is 0 Å². The van der Waals surface area contributed by atoms with Crippen LogP contribution < -0.4 is 0 Å². The maximum absolute atomic E-state index is 14.5. The van der Waals surface area contributed by atoms with E-state index in [0.29, 0.717) is 0 Å². The van der Waals surface area contributed by atoms with Gasteiger partial charge in [0.2, 0.25) is 0 Å². The maximum Gasteiger partial charge on any atom is 0.443 e. The fourth-order valence-corrected chi connectivity index (χ4v) is 2.83. The second-order valence-electron chi connectivity index (χ2n) is 6.98. The van der Waals surface area contributed by atoms with Gasteiger partial charge in [0, 0.05) is 12.8 Å². The van der Waals surface area contributed by atoms with Crippen molar-refractivity contribution in [1.82, 2.24) is 0 Å². The third-order valence-corrected chi connectivity index (χ3v) is 4.75. The zero-order chi connectivity index (χ0) is 27.9. The lowest BCUT2D eigenvalue weighted by atomic mass is 10.2. The van der Waals surface area contributed by atoms with Crippen molar-refractivity contribution < 1.29 is 93.9 Å². The first-order chi connectivity index (χ1) is 15.2. The minimum Gasteiger partial charge on any atom is -0.291 e. The quantitative estimate of drug-likeness (QED) is 0.365. The first kappa shape index (κ1) is 29.9. The Morgan fingerprint density at radius 2 is 0.771 bits per heavy atom. The van der Waals surface area contributed by atoms with Gasteiger partial charge >= 0.3 is 48.5 Å². The Labute approximate surface area is 182 Å². The van der Waals surface area contributed by atoms with Crippen molar-refractivity contribution >= 4 is 0 Å². The van der Waals surface area contributed by atoms with E-state index in [9.17, 15) is 70.2 Å². The molecule has 0 spiro atoms. The summed E-state index contributed by atoms with van der Waals surface area (Å²) in [5.41, 5.74) is 0. The molecule has 35 heavy (non-hydrogen) atoms. The highest BCUT2D eigenvalue weighted by molar-refractivity contribution is 5.03. The molecule has 2 rings (SSSR count). The Bertz CT molecular complexity index is 762. The van der Waals surface area contributed by atoms with Gasteiger partial charge in [-0.15, -0.1) is 0 Å². The van der Waals surface area contributed by atoms with Gasteiger partial charge < -0.3 is 0 Å². The molecule has 208 valence electrons. The molecule has 2 aliphatic heterocycles. The van der Waals surface area contributed by atoms with Crippen molar-refractivity contribution in [3.05, 3.63) is 0 Å². The summed E-state index contributed by atoms with van der Waals surface area (Å²) in [6.45, 7) is 0.510. The number of halogens is 16. The molecule has 5 nitrogen and oxygen atoms in total. The molecule has 0 aliphatic carbocycles. The van der Waals surface area contributed by atoms with E-state index in [0.717, 1.165) is 0 Å². The van der Waals surface area contributed by atoms with Crippen molar-refractivity contribution in [1.29, 1.82) is 0 Å². The monoisotopic (exact) mass is 562 g/mol. The van der Waals surface area contributed by atoms with Crippen LogP contribution in [0.3, 0.4) is 0 Å². The Morgan fingerprint density at radius 1 is 0.514 bits per heavy atom. The van der Waals surface area contributed by atoms with Crippen LogP contribution in [0.5, 0.6) is 0 Å². The average Bonchev–Trinajstić information content (AvgIpc) is 3.00. The summed E-state index contributed by atoms with van der Waals surface area (Å²) in [6.07, 6.45) is -44.0. The lowest BCUT2D eigenvalue weighted by Gasteiger charge is -2.37. The van der Waals surface area contributed by atoms with Gasteiger partial charge in [0.1, 0.15) is 0 Å². The number of alkyl halides is 16. The van der Waals surface area contributed by atoms with E-state index < -0.39 is 72.9 Å². The number of hydrogen-bond acceptors (Lipinski definition) is 5. The molecule has 2 heterocycles. The zero-order valence-corrected chi connectivity index (χ0v) is 16.5. The van der Waals surface area contributed by atoms with Gasteiger partial charge in [-0.05, 0) is 0 Å². The molecule has 0 bridgehead atoms. The predicted octanol–water partition coefficient (Wildman–Crippen LogP) is 6.14. The second-order valence-corrected chi connectivity index (χ2v) is 6.98. The van der Waals surface area contributed by atoms with Crippen molar-refractivity contribution in [2.24, 2.45) is 0 Å². The average molecular weight is 562 g/mol. The van der Waals surface area contributed by atoms with Crippen LogP contribution in [0.1, 0.15) is 26.7 Å². The Hall–Kier alpha value is -1.32. The molecule has 0 radical (unpaired) electrons. The summed E-state index contributed by atoms with van der Waals surface area (Å²) in [6, 6.07) is 0. The van der Waals surface area contributed by atoms with E-state index >= 15 is 0 Å². The van der Waals surface area contributed by atoms with E-state index in [1.807, 2.05) is 0 Å². The summed E-state index contributed by atoms with van der Waals surface area (Å²) >= 11 is 0. The van der Waals surface area contributed by atoms with Crippen LogP contribution in [0.4, 0.5) is 70.2 Å². The normalized spacial score (nSPS) is 38.2. The van der Waals surface area contributed by atoms with Crippen molar-refractivity contribution in [2.45, 2.75) is 86.8 Å². The second kappa shape index (κ2) is 7.60. The SMILES string of the molecule is CCC1(C(F)(F)F)OC(F)(F)C(F)(C(F)(F)OC(F)(F)C2(F)OC(CC)(C(F)(F)F)OC2(F)F)O1. The molecule has 2 saturated heterocycles. The topological polar surface area (TPSA) is 46.2 Å². The lowest BCUT2D eigenvalue weighted by Crippen LogP contribution is -2.64. The number of ether oxygens (including phenoxy) is 5. The van der Waals surface area contributed by atoms with Crippen LogP contribution in [0, 0.1) is 0 Å². The first-order valence-electron chi connectivity index (χ1n) is 8.69. The molecule has 0 aromatic rings. The van der Waals surface area contributed by atoms with E-state index in [-0.39, 0.29) is 13.8 Å². The molecule has 2 fully saturated rings. The highest BCUT2D eigenvalue weighted by Gasteiger charge is 2.91. The fraction of sp³-hybridized carbons (Fsp3) is 1.00. The smallest absolute Gasteiger partial charge is 0.291 e. The van der Waals surface area contributed by atoms with E-state index in [1.165, 1.54) is 0 Å². The molecule has 0 N–H and O–H groups in total. The highest BCUT2D eigenvalue weighted by atomic mass is 19.4. The molecule has 4 unspecified atom stereocenters. The van der Waals surface area contributed by atoms with Crippen molar-refractivity contribution in [2.75, 3.05) is 0 Å². The van der Waals surface area contributed by atoms with Crippen LogP contribution in [0.25, 0.3) is 0 Å². The van der Waals surface area contributed by atoms with Crippen LogP contribution >= 0.6 is 0 Å². The number of rotatable bonds is 6. The van der Waals surface area contributed by atoms with Crippen LogP contribution in [-0.2, 0) is 23.7 Å². The molecular formula is C14H10F16O5. The summed E-state index contributed by atoms with van der Waals surface area (Å²) in [5, 5.41) is 0. The molecule has 2 aliphatic rings. The molecule has 0 saturated carbocycles. The largest absolute Gasteiger partial charge is 0.443 e. The first-order valence-corrected chi connectivity index (χ1v) is 8.69. The Morgan fingerprint density at radius 3 is 0.943 bits per heavy atom. The minimum absolute atomic E-state index is 0.255. The summed E-state index contributed by atoms with van der Waals surface area (Å²) < 4.78 is 232. The van der Waals surface area contributed by atoms with Gasteiger partial charge in [-0.1, -0.05) is 13.8 Å². The third kappa shape index (κ3) is 3.91. The summed E-state index contributed by atoms with van der Waals surface area (Å²) in [7, 11) is 0. The predicted molar refractivity (Wildman–Crippen MR) is 71.0 cm³/mol. The molecule has 0 amide bonds. The minimum atomic E-state index is -7.24. The fourth-order valence-electron chi connectivity index (χ4n) is 2.83. The lowest BCUT2D eigenvalue weighted by molar-refractivity contribution is -0.524. The van der Waals surface area contributed by atoms with Gasteiger partial charge in [-0.25, -0.2) is 4.74 Å². The standard InChI is InChI=1S/C14H10F16O5/c1-3-5(9(17,18)19)31-7(15,11(23,24)33-5)13(27,28)35-14(29,30)8(16)12(25,26)34-6(4-2,32-8)10(20,21)22/h3-4H2,1-2H3. The molecular weight excluding hydrogens is 552 g/mol. The van der Waals surface area contributed by atoms with E-state index in [2.05, 4.69) is 23.7 Å². The molecule has 0 aromatic carbocycles. The van der Waals surface area contributed by atoms with Gasteiger partial charge in [-0.3, -0.25) is 18.9 Å². The van der Waals surface area contributed by atoms with Gasteiger partial charge in [0.05, 0.1) is 0 Å². The van der Waals surface area contributed by atoms with Crippen LogP contribution in [0.15, 0.2) is 0 Å². The van der Waals surface area contributed by atoms with Crippen molar-refractivity contribution in [3.8, 4) is 0 Å². The third-order valence-electron chi connectivity index (χ3n) is 4.75. The molecule has 4 atom stereocenters. The van der Waals surface area contributed by atoms with E-state index in [1.54, 1.807) is 0 Å². The Balaban J connectivity index is 2.55. The van der Waals surface area contributed by atoms with Crippen molar-refractivity contribution in [3.63, 3.8) is 0 Å². The van der Waals surface area contributed by atoms with Crippen LogP contribution in [-0.4, -0.2) is 60.1 Å². The molecule has 21 heteroatoms. The zero-order valence-electron chi connectivity index (χ0n) is 16.5. The van der Waals surface area contributed by atoms with Gasteiger partial charge in [-0.2, -0.15) is 70.2 Å². The van der Waals surface area contributed by atoms with Crippen LogP contribution in [0.2, 0.25) is 0 Å². The molecule has 0 aromatic heterocycles. The highest BCUT2D eigenvalue weighted by Crippen LogP contribution is 2.64. The summed E-state index contributed by atoms with van der Waals surface area (Å²) in [4.78, 5) is 0. The number of hydrogen-bond donors (Lipinski definition) is 0. The Kier molecular flexibility index (Phi) is 6.50.